The Morgan fingerprint density at radius 1 is 1.47 bits per heavy atom. The maximum atomic E-state index is 5.95. The molecule has 1 heterocycles. The average Bonchev–Trinajstić information content (AvgIpc) is 2.29. The van der Waals surface area contributed by atoms with Gasteiger partial charge in [-0.25, -0.2) is 0 Å². The fourth-order valence-corrected chi connectivity index (χ4v) is 1.99. The van der Waals surface area contributed by atoms with E-state index in [9.17, 15) is 0 Å². The molecule has 0 bridgehead atoms. The van der Waals surface area contributed by atoms with Gasteiger partial charge in [0.1, 0.15) is 0 Å². The van der Waals surface area contributed by atoms with Gasteiger partial charge in [-0.1, -0.05) is 17.7 Å². The molecule has 1 aromatic heterocycles. The summed E-state index contributed by atoms with van der Waals surface area (Å²) >= 11 is 5.95. The van der Waals surface area contributed by atoms with Crippen molar-refractivity contribution in [1.82, 2.24) is 4.98 Å². The first-order valence-electron chi connectivity index (χ1n) is 5.62. The number of rotatable bonds is 4. The van der Waals surface area contributed by atoms with Crippen LogP contribution >= 0.6 is 11.6 Å². The number of hydrogen-bond acceptors (Lipinski definition) is 2. The Balaban J connectivity index is 2.37. The lowest BCUT2D eigenvalue weighted by atomic mass is 10.1. The number of fused-ring (bicyclic) bond motifs is 1. The number of aromatic nitrogens is 1. The van der Waals surface area contributed by atoms with Crippen LogP contribution in [0.1, 0.15) is 13.3 Å². The first kappa shape index (κ1) is 11.9. The Morgan fingerprint density at radius 3 is 3.06 bits per heavy atom. The van der Waals surface area contributed by atoms with Crippen LogP contribution in [0, 0.1) is 0 Å². The number of pyridine rings is 1. The normalized spacial score (nSPS) is 12.4. The van der Waals surface area contributed by atoms with Crippen LogP contribution in [0.5, 0.6) is 0 Å². The summed E-state index contributed by atoms with van der Waals surface area (Å²) in [4.78, 5) is 4.31. The molecule has 1 aromatic carbocycles. The highest BCUT2D eigenvalue weighted by molar-refractivity contribution is 6.31. The zero-order chi connectivity index (χ0) is 12.3. The lowest BCUT2D eigenvalue weighted by Crippen LogP contribution is -2.14. The van der Waals surface area contributed by atoms with Gasteiger partial charge in [0.2, 0.25) is 0 Å². The third-order valence-corrected chi connectivity index (χ3v) is 2.86. The predicted molar refractivity (Wildman–Crippen MR) is 74.7 cm³/mol. The van der Waals surface area contributed by atoms with Crippen LogP contribution in [0.4, 0.5) is 5.69 Å². The predicted octanol–water partition coefficient (Wildman–Crippen LogP) is 4.26. The second-order valence-electron chi connectivity index (χ2n) is 4.09. The molecule has 0 aliphatic rings. The lowest BCUT2D eigenvalue weighted by molar-refractivity contribution is 0.815. The summed E-state index contributed by atoms with van der Waals surface area (Å²) in [5.74, 6) is 0. The van der Waals surface area contributed by atoms with Crippen molar-refractivity contribution in [1.29, 1.82) is 0 Å². The van der Waals surface area contributed by atoms with Crippen LogP contribution in [0.15, 0.2) is 43.1 Å². The molecule has 0 aliphatic heterocycles. The zero-order valence-electron chi connectivity index (χ0n) is 9.78. The van der Waals surface area contributed by atoms with E-state index in [4.69, 9.17) is 11.6 Å². The van der Waals surface area contributed by atoms with Gasteiger partial charge in [0.15, 0.2) is 0 Å². The van der Waals surface area contributed by atoms with Gasteiger partial charge in [0.25, 0.3) is 0 Å². The van der Waals surface area contributed by atoms with Crippen molar-refractivity contribution in [2.24, 2.45) is 0 Å². The van der Waals surface area contributed by atoms with Crippen LogP contribution in [-0.2, 0) is 0 Å². The van der Waals surface area contributed by atoms with Crippen molar-refractivity contribution >= 4 is 28.2 Å². The maximum absolute atomic E-state index is 5.95. The second kappa shape index (κ2) is 5.19. The third kappa shape index (κ3) is 2.77. The van der Waals surface area contributed by atoms with Gasteiger partial charge in [-0.2, -0.15) is 0 Å². The summed E-state index contributed by atoms with van der Waals surface area (Å²) in [6, 6.07) is 8.09. The van der Waals surface area contributed by atoms with Crippen molar-refractivity contribution in [3.63, 3.8) is 0 Å². The summed E-state index contributed by atoms with van der Waals surface area (Å²) in [5, 5.41) is 5.25. The molecule has 1 unspecified atom stereocenters. The van der Waals surface area contributed by atoms with Crippen molar-refractivity contribution in [3.05, 3.63) is 48.1 Å². The number of nitrogens with one attached hydrogen (secondary N) is 1. The fourth-order valence-electron chi connectivity index (χ4n) is 1.82. The van der Waals surface area contributed by atoms with Gasteiger partial charge in [-0.05, 0) is 37.6 Å². The first-order valence-corrected chi connectivity index (χ1v) is 6.00. The van der Waals surface area contributed by atoms with E-state index in [0.717, 1.165) is 23.0 Å². The Labute approximate surface area is 106 Å². The summed E-state index contributed by atoms with van der Waals surface area (Å²) in [7, 11) is 0. The number of hydrogen-bond donors (Lipinski definition) is 1. The van der Waals surface area contributed by atoms with E-state index in [-0.39, 0.29) is 0 Å². The van der Waals surface area contributed by atoms with Crippen molar-refractivity contribution < 1.29 is 0 Å². The van der Waals surface area contributed by atoms with E-state index in [1.165, 1.54) is 0 Å². The summed E-state index contributed by atoms with van der Waals surface area (Å²) in [6.07, 6.45) is 4.64. The second-order valence-corrected chi connectivity index (χ2v) is 4.53. The number of anilines is 1. The summed E-state index contributed by atoms with van der Waals surface area (Å²) < 4.78 is 0. The summed E-state index contributed by atoms with van der Waals surface area (Å²) in [5.41, 5.74) is 1.99. The Morgan fingerprint density at radius 2 is 2.29 bits per heavy atom. The van der Waals surface area contributed by atoms with E-state index in [1.807, 2.05) is 30.3 Å². The fraction of sp³-hybridized carbons (Fsp3) is 0.214. The van der Waals surface area contributed by atoms with Gasteiger partial charge in [-0.3, -0.25) is 4.98 Å². The smallest absolute Gasteiger partial charge is 0.0737 e. The zero-order valence-corrected chi connectivity index (χ0v) is 10.5. The molecular weight excluding hydrogens is 232 g/mol. The molecule has 0 saturated carbocycles. The molecule has 0 radical (unpaired) electrons. The molecule has 0 amide bonds. The van der Waals surface area contributed by atoms with E-state index in [1.54, 1.807) is 6.20 Å². The topological polar surface area (TPSA) is 24.9 Å². The van der Waals surface area contributed by atoms with Gasteiger partial charge in [0.05, 0.1) is 5.52 Å². The molecule has 0 fully saturated rings. The number of nitrogens with zero attached hydrogens (tertiary/aromatic N) is 1. The minimum absolute atomic E-state index is 0.355. The van der Waals surface area contributed by atoms with Gasteiger partial charge < -0.3 is 5.32 Å². The Bertz CT molecular complexity index is 537. The van der Waals surface area contributed by atoms with E-state index < -0.39 is 0 Å². The lowest BCUT2D eigenvalue weighted by Gasteiger charge is -2.15. The van der Waals surface area contributed by atoms with Crippen LogP contribution in [0.2, 0.25) is 5.02 Å². The van der Waals surface area contributed by atoms with Crippen molar-refractivity contribution in [2.45, 2.75) is 19.4 Å². The monoisotopic (exact) mass is 246 g/mol. The highest BCUT2D eigenvalue weighted by Crippen LogP contribution is 2.25. The molecule has 2 nitrogen and oxygen atoms in total. The molecule has 1 atom stereocenters. The molecule has 1 N–H and O–H groups in total. The number of halogens is 1. The quantitative estimate of drug-likeness (QED) is 0.816. The van der Waals surface area contributed by atoms with E-state index in [0.29, 0.717) is 11.1 Å². The van der Waals surface area contributed by atoms with Crippen LogP contribution in [-0.4, -0.2) is 11.0 Å². The van der Waals surface area contributed by atoms with E-state index >= 15 is 0 Å². The van der Waals surface area contributed by atoms with Crippen molar-refractivity contribution in [2.75, 3.05) is 5.32 Å². The molecule has 3 heteroatoms. The van der Waals surface area contributed by atoms with Gasteiger partial charge in [0, 0.05) is 28.3 Å². The molecule has 2 aromatic rings. The largest absolute Gasteiger partial charge is 0.382 e. The first-order chi connectivity index (χ1) is 8.20. The number of benzene rings is 1. The highest BCUT2D eigenvalue weighted by atomic mass is 35.5. The minimum Gasteiger partial charge on any atom is -0.382 e. The highest BCUT2D eigenvalue weighted by Gasteiger charge is 2.05. The van der Waals surface area contributed by atoms with Crippen LogP contribution < -0.4 is 5.32 Å². The summed E-state index contributed by atoms with van der Waals surface area (Å²) in [6.45, 7) is 5.88. The average molecular weight is 247 g/mol. The standard InChI is InChI=1S/C14H15ClN2/c1-3-4-10(2)17-13-7-8-16-14-9-11(15)5-6-12(13)14/h3,5-10H,1,4H2,2H3,(H,16,17). The molecule has 0 spiro atoms. The molecule has 2 rings (SSSR count). The Hall–Kier alpha value is -1.54. The molecular formula is C14H15ClN2. The molecule has 17 heavy (non-hydrogen) atoms. The molecule has 0 aliphatic carbocycles. The van der Waals surface area contributed by atoms with Gasteiger partial charge >= 0.3 is 0 Å². The third-order valence-electron chi connectivity index (χ3n) is 2.63. The maximum Gasteiger partial charge on any atom is 0.0737 e. The van der Waals surface area contributed by atoms with Crippen molar-refractivity contribution in [3.8, 4) is 0 Å². The minimum atomic E-state index is 0.355. The van der Waals surface area contributed by atoms with Crippen LogP contribution in [0.25, 0.3) is 10.9 Å². The van der Waals surface area contributed by atoms with E-state index in [2.05, 4.69) is 23.8 Å². The molecule has 88 valence electrons. The SMILES string of the molecule is C=CCC(C)Nc1ccnc2cc(Cl)ccc12. The molecule has 0 saturated heterocycles. The Kier molecular flexibility index (Phi) is 3.64. The van der Waals surface area contributed by atoms with Gasteiger partial charge in [-0.15, -0.1) is 6.58 Å². The van der Waals surface area contributed by atoms with Crippen LogP contribution in [0.3, 0.4) is 0 Å².